The molecule has 0 saturated heterocycles. The molecule has 0 amide bonds. The van der Waals surface area contributed by atoms with Gasteiger partial charge in [-0.25, -0.2) is 0 Å². The zero-order valence-electron chi connectivity index (χ0n) is 36.5. The van der Waals surface area contributed by atoms with E-state index in [2.05, 4.69) is 36.4 Å². The predicted octanol–water partition coefficient (Wildman–Crippen LogP) is 17.5. The van der Waals surface area contributed by atoms with Gasteiger partial charge in [0, 0.05) is 15.8 Å². The maximum absolute atomic E-state index is 6.19. The minimum absolute atomic E-state index is 0.0448. The second kappa shape index (κ2) is 25.4. The summed E-state index contributed by atoms with van der Waals surface area (Å²) in [6.07, 6.45) is 52.9. The monoisotopic (exact) mass is 952 g/mol. The van der Waals surface area contributed by atoms with Crippen molar-refractivity contribution >= 4 is 44.9 Å². The number of rotatable bonds is 9. The Labute approximate surface area is 372 Å². The molecular weight excluding hydrogens is 871 g/mol. The second-order valence-electron chi connectivity index (χ2n) is 19.9. The van der Waals surface area contributed by atoms with Gasteiger partial charge >= 0.3 is 120 Å². The van der Waals surface area contributed by atoms with Crippen LogP contribution in [0.2, 0.25) is 0 Å². The van der Waals surface area contributed by atoms with Crippen LogP contribution in [0, 0.1) is 11.8 Å². The standard InChI is InChI=1S/2C19H35P.C15H10.2ClH.Ru/c2*1-4-10-17(11-5-1)16-20(18-12-6-2-7-13-18)19-14-8-3-9-15-19;1-2-6-12(7-3-1)15-11-10-13-8-4-5-9-14(13)15;;;/h2*17-19H,1-16H2;1-9,11H;2*1H;/q;;;;;+2. The predicted molar refractivity (Wildman–Crippen MR) is 263 cm³/mol. The van der Waals surface area contributed by atoms with Crippen molar-refractivity contribution in [2.24, 2.45) is 11.8 Å². The summed E-state index contributed by atoms with van der Waals surface area (Å²) < 4.78 is 1.12. The molecule has 2 aromatic carbocycles. The molecule has 0 spiro atoms. The van der Waals surface area contributed by atoms with Gasteiger partial charge in [0.15, 0.2) is 0 Å². The Morgan fingerprint density at radius 3 is 1.09 bits per heavy atom. The first-order chi connectivity index (χ1) is 28.6. The Kier molecular flexibility index (Phi) is 20.2. The number of allylic oxidation sites excluding steroid dienone is 1. The Balaban J connectivity index is 0.000000133. The van der Waals surface area contributed by atoms with Crippen LogP contribution >= 0.6 is 35.2 Å². The van der Waals surface area contributed by atoms with E-state index in [4.69, 9.17) is 19.4 Å². The first-order valence-electron chi connectivity index (χ1n) is 25.1. The number of hydrogen-bond acceptors (Lipinski definition) is 0. The second-order valence-corrected chi connectivity index (χ2v) is 32.1. The zero-order valence-corrected chi connectivity index (χ0v) is 41.7. The molecule has 0 radical (unpaired) electrons. The van der Waals surface area contributed by atoms with Crippen molar-refractivity contribution in [3.63, 3.8) is 0 Å². The summed E-state index contributed by atoms with van der Waals surface area (Å²) in [6.45, 7) is 0. The van der Waals surface area contributed by atoms with Gasteiger partial charge in [-0.15, -0.1) is 0 Å². The zero-order chi connectivity index (χ0) is 39.8. The van der Waals surface area contributed by atoms with Crippen molar-refractivity contribution in [3.05, 3.63) is 77.4 Å². The van der Waals surface area contributed by atoms with E-state index in [1.165, 1.54) is 57.7 Å². The van der Waals surface area contributed by atoms with Crippen LogP contribution < -0.4 is 0 Å². The van der Waals surface area contributed by atoms with Crippen molar-refractivity contribution in [3.8, 4) is 0 Å². The molecule has 6 saturated carbocycles. The van der Waals surface area contributed by atoms with Gasteiger partial charge in [-0.2, -0.15) is 0 Å². The maximum atomic E-state index is 6.19. The summed E-state index contributed by atoms with van der Waals surface area (Å²) in [5.74, 6) is 2.31. The van der Waals surface area contributed by atoms with Crippen LogP contribution in [-0.4, -0.2) is 39.1 Å². The van der Waals surface area contributed by atoms with Gasteiger partial charge in [0.25, 0.3) is 0 Å². The van der Waals surface area contributed by atoms with Crippen molar-refractivity contribution in [1.29, 1.82) is 0 Å². The van der Waals surface area contributed by atoms with E-state index in [0.717, 1.165) is 15.9 Å². The quantitative estimate of drug-likeness (QED) is 0.174. The Hall–Kier alpha value is 0.113. The molecular formula is C53H82Cl2P2Ru+2. The molecule has 0 nitrogen and oxygen atoms in total. The first kappa shape index (κ1) is 46.1. The molecule has 0 atom stereocenters. The third-order valence-electron chi connectivity index (χ3n) is 16.0. The van der Waals surface area contributed by atoms with Crippen molar-refractivity contribution < 1.29 is 13.5 Å². The van der Waals surface area contributed by atoms with Crippen LogP contribution in [0.3, 0.4) is 0 Å². The van der Waals surface area contributed by atoms with E-state index in [1.807, 2.05) is 24.3 Å². The Bertz CT molecular complexity index is 1420. The van der Waals surface area contributed by atoms with E-state index in [9.17, 15) is 0 Å². The molecule has 2 aromatic rings. The number of benzene rings is 2. The van der Waals surface area contributed by atoms with Gasteiger partial charge in [-0.3, -0.25) is 0 Å². The molecule has 324 valence electrons. The normalized spacial score (nSPS) is 23.8. The van der Waals surface area contributed by atoms with Crippen LogP contribution in [0.15, 0.2) is 60.7 Å². The average Bonchev–Trinajstić information content (AvgIpc) is 3.70. The molecule has 0 bridgehead atoms. The first-order valence-corrected chi connectivity index (χ1v) is 34.2. The van der Waals surface area contributed by atoms with Crippen LogP contribution in [0.25, 0.3) is 5.57 Å². The fraction of sp³-hybridized carbons (Fsp3) is 0.717. The summed E-state index contributed by atoms with van der Waals surface area (Å²) in [5.41, 5.74) is 9.75. The SMILES string of the molecule is C1CCC(C[PH+](C2CCCCC2)C2CCCCC2)CC1.C1CCC(C[PH+](C2CCCCC2)C2CCCCC2)CC1.[Cl][Ru]([Cl])=[C]1C=C(c2ccccc2)c2ccccc21. The molecule has 0 aromatic heterocycles. The summed E-state index contributed by atoms with van der Waals surface area (Å²) in [5, 5.41) is 0. The van der Waals surface area contributed by atoms with E-state index >= 15 is 0 Å². The van der Waals surface area contributed by atoms with Crippen LogP contribution in [0.1, 0.15) is 209 Å². The molecule has 58 heavy (non-hydrogen) atoms. The topological polar surface area (TPSA) is 0 Å². The van der Waals surface area contributed by atoms with E-state index in [-0.39, 0.29) is 15.8 Å². The van der Waals surface area contributed by atoms with Gasteiger partial charge in [0.2, 0.25) is 0 Å². The van der Waals surface area contributed by atoms with E-state index in [1.54, 1.807) is 192 Å². The average molecular weight is 953 g/mol. The summed E-state index contributed by atoms with van der Waals surface area (Å²) in [6, 6.07) is 18.7. The third kappa shape index (κ3) is 13.8. The number of halogens is 2. The van der Waals surface area contributed by atoms with Gasteiger partial charge in [-0.05, 0) is 140 Å². The van der Waals surface area contributed by atoms with Crippen molar-refractivity contribution in [2.75, 3.05) is 12.3 Å². The molecule has 6 fully saturated rings. The molecule has 0 aliphatic heterocycles. The van der Waals surface area contributed by atoms with Gasteiger partial charge in [0.1, 0.15) is 0 Å². The number of fused-ring (bicyclic) bond motifs is 1. The molecule has 5 heteroatoms. The van der Waals surface area contributed by atoms with Crippen molar-refractivity contribution in [1.82, 2.24) is 0 Å². The van der Waals surface area contributed by atoms with Gasteiger partial charge in [-0.1, -0.05) is 64.2 Å². The van der Waals surface area contributed by atoms with Gasteiger partial charge in [0.05, 0.1) is 35.0 Å². The molecule has 0 heterocycles. The minimum atomic E-state index is -1.88. The molecule has 0 unspecified atom stereocenters. The molecule has 7 aliphatic rings. The number of hydrogen-bond donors (Lipinski definition) is 0. The van der Waals surface area contributed by atoms with Crippen LogP contribution in [0.5, 0.6) is 0 Å². The van der Waals surface area contributed by atoms with E-state index in [0.29, 0.717) is 0 Å². The summed E-state index contributed by atoms with van der Waals surface area (Å²) >= 11 is -1.88. The van der Waals surface area contributed by atoms with Crippen LogP contribution in [0.4, 0.5) is 0 Å². The summed E-state index contributed by atoms with van der Waals surface area (Å²) in [7, 11) is 12.3. The molecule has 9 rings (SSSR count). The fourth-order valence-electron chi connectivity index (χ4n) is 12.8. The third-order valence-corrected chi connectivity index (χ3v) is 27.7. The Morgan fingerprint density at radius 1 is 0.397 bits per heavy atom. The summed E-state index contributed by atoms with van der Waals surface area (Å²) in [4.78, 5) is 0. The molecule has 0 N–H and O–H groups in total. The van der Waals surface area contributed by atoms with Crippen molar-refractivity contribution in [2.45, 2.75) is 215 Å². The van der Waals surface area contributed by atoms with Gasteiger partial charge < -0.3 is 0 Å². The van der Waals surface area contributed by atoms with E-state index < -0.39 is 13.5 Å². The Morgan fingerprint density at radius 2 is 0.724 bits per heavy atom. The van der Waals surface area contributed by atoms with Crippen LogP contribution in [-0.2, 0) is 13.5 Å². The molecule has 7 aliphatic carbocycles. The fourth-order valence-corrected chi connectivity index (χ4v) is 24.7.